The fourth-order valence-electron chi connectivity index (χ4n) is 3.92. The Kier molecular flexibility index (Phi) is 9.01. The third kappa shape index (κ3) is 8.31. The summed E-state index contributed by atoms with van der Waals surface area (Å²) in [5.74, 6) is -3.66. The molecule has 3 amide bonds. The van der Waals surface area contributed by atoms with Crippen LogP contribution in [0.15, 0.2) is 0 Å². The number of nitrogens with zero attached hydrogens (tertiary/aromatic N) is 1. The van der Waals surface area contributed by atoms with Crippen LogP contribution in [0.2, 0.25) is 0 Å². The van der Waals surface area contributed by atoms with Crippen molar-refractivity contribution in [3.63, 3.8) is 0 Å². The molecule has 0 aromatic heterocycles. The molecule has 0 unspecified atom stereocenters. The lowest BCUT2D eigenvalue weighted by molar-refractivity contribution is -0.125. The van der Waals surface area contributed by atoms with Gasteiger partial charge in [0.05, 0.1) is 12.7 Å². The first-order valence-electron chi connectivity index (χ1n) is 10.9. The molecule has 1 heterocycles. The van der Waals surface area contributed by atoms with E-state index in [2.05, 4.69) is 16.0 Å². The molecule has 0 spiro atoms. The molecule has 8 nitrogen and oxygen atoms in total. The molecule has 0 radical (unpaired) electrons. The summed E-state index contributed by atoms with van der Waals surface area (Å²) in [5, 5.41) is 17.2. The van der Waals surface area contributed by atoms with E-state index in [0.29, 0.717) is 19.4 Å². The van der Waals surface area contributed by atoms with Gasteiger partial charge < -0.3 is 20.7 Å². The average molecular weight is 443 g/mol. The molecule has 3 atom stereocenters. The topological polar surface area (TPSA) is 120 Å². The standard InChI is InChI=1S/C21H32F2N4O4/c1-13(2)9-17(19(29)26-16(11-24)10-15-5-8-25-18(15)28)27-20(30)31-12-14-3-6-21(22,23)7-4-14/h13-17H,3-10,12H2,1-2H3,(H,25,28)(H,26,29)(H,27,30)/t15-,16-,17-/m0/s1. The molecule has 2 aliphatic rings. The third-order valence-corrected chi connectivity index (χ3v) is 5.76. The van der Waals surface area contributed by atoms with Crippen LogP contribution in [0.25, 0.3) is 0 Å². The van der Waals surface area contributed by atoms with Crippen LogP contribution in [0.3, 0.4) is 0 Å². The Balaban J connectivity index is 1.84. The van der Waals surface area contributed by atoms with E-state index in [-0.39, 0.29) is 62.4 Å². The molecule has 2 fully saturated rings. The second-order valence-corrected chi connectivity index (χ2v) is 8.93. The predicted molar refractivity (Wildman–Crippen MR) is 108 cm³/mol. The second kappa shape index (κ2) is 11.3. The molecule has 10 heteroatoms. The Morgan fingerprint density at radius 3 is 2.48 bits per heavy atom. The van der Waals surface area contributed by atoms with E-state index in [9.17, 15) is 28.4 Å². The van der Waals surface area contributed by atoms with E-state index in [4.69, 9.17) is 4.74 Å². The molecule has 1 saturated heterocycles. The van der Waals surface area contributed by atoms with Crippen LogP contribution < -0.4 is 16.0 Å². The van der Waals surface area contributed by atoms with Crippen molar-refractivity contribution in [3.8, 4) is 6.07 Å². The van der Waals surface area contributed by atoms with Gasteiger partial charge in [-0.05, 0) is 43.9 Å². The Hall–Kier alpha value is -2.44. The van der Waals surface area contributed by atoms with Crippen LogP contribution in [-0.4, -0.2) is 49.1 Å². The first kappa shape index (κ1) is 24.8. The van der Waals surface area contributed by atoms with Crippen LogP contribution in [0.4, 0.5) is 13.6 Å². The lowest BCUT2D eigenvalue weighted by Gasteiger charge is -2.28. The third-order valence-electron chi connectivity index (χ3n) is 5.76. The number of nitriles is 1. The van der Waals surface area contributed by atoms with Gasteiger partial charge in [-0.25, -0.2) is 13.6 Å². The summed E-state index contributed by atoms with van der Waals surface area (Å²) in [6.45, 7) is 4.35. The molecular formula is C21H32F2N4O4. The van der Waals surface area contributed by atoms with E-state index in [1.54, 1.807) is 0 Å². The highest BCUT2D eigenvalue weighted by atomic mass is 19.3. The van der Waals surface area contributed by atoms with E-state index >= 15 is 0 Å². The highest BCUT2D eigenvalue weighted by Gasteiger charge is 2.35. The Bertz CT molecular complexity index is 685. The molecule has 31 heavy (non-hydrogen) atoms. The minimum absolute atomic E-state index is 0.0234. The number of ether oxygens (including phenoxy) is 1. The zero-order chi connectivity index (χ0) is 23.0. The number of nitrogens with one attached hydrogen (secondary N) is 3. The number of halogens is 2. The summed E-state index contributed by atoms with van der Waals surface area (Å²) in [7, 11) is 0. The van der Waals surface area contributed by atoms with Crippen LogP contribution in [0, 0.1) is 29.1 Å². The molecule has 3 N–H and O–H groups in total. The van der Waals surface area contributed by atoms with Gasteiger partial charge in [0.2, 0.25) is 17.7 Å². The average Bonchev–Trinajstić information content (AvgIpc) is 3.10. The van der Waals surface area contributed by atoms with Crippen molar-refractivity contribution in [1.82, 2.24) is 16.0 Å². The molecule has 0 aromatic rings. The van der Waals surface area contributed by atoms with Gasteiger partial charge in [-0.2, -0.15) is 5.26 Å². The second-order valence-electron chi connectivity index (χ2n) is 8.93. The van der Waals surface area contributed by atoms with Gasteiger partial charge in [0, 0.05) is 25.3 Å². The molecular weight excluding hydrogens is 410 g/mol. The number of amides is 3. The zero-order valence-electron chi connectivity index (χ0n) is 18.1. The first-order chi connectivity index (χ1) is 14.6. The maximum Gasteiger partial charge on any atom is 0.407 e. The van der Waals surface area contributed by atoms with Crippen LogP contribution in [-0.2, 0) is 14.3 Å². The number of alkyl carbamates (subject to hydrolysis) is 1. The molecule has 0 aromatic carbocycles. The smallest absolute Gasteiger partial charge is 0.407 e. The summed E-state index contributed by atoms with van der Waals surface area (Å²) in [6.07, 6.45) is 0.508. The summed E-state index contributed by atoms with van der Waals surface area (Å²) < 4.78 is 31.6. The van der Waals surface area contributed by atoms with Gasteiger partial charge in [0.15, 0.2) is 0 Å². The number of rotatable bonds is 9. The molecule has 174 valence electrons. The lowest BCUT2D eigenvalue weighted by Crippen LogP contribution is -2.50. The van der Waals surface area contributed by atoms with Crippen LogP contribution >= 0.6 is 0 Å². The number of alkyl halides is 2. The van der Waals surface area contributed by atoms with E-state index in [1.807, 2.05) is 19.9 Å². The largest absolute Gasteiger partial charge is 0.449 e. The van der Waals surface area contributed by atoms with Gasteiger partial charge in [-0.3, -0.25) is 9.59 Å². The Morgan fingerprint density at radius 1 is 1.26 bits per heavy atom. The lowest BCUT2D eigenvalue weighted by atomic mass is 9.87. The van der Waals surface area contributed by atoms with Crippen molar-refractivity contribution >= 4 is 17.9 Å². The van der Waals surface area contributed by atoms with Crippen LogP contribution in [0.1, 0.15) is 58.8 Å². The van der Waals surface area contributed by atoms with E-state index < -0.39 is 30.0 Å². The van der Waals surface area contributed by atoms with Gasteiger partial charge in [0.25, 0.3) is 0 Å². The van der Waals surface area contributed by atoms with Gasteiger partial charge >= 0.3 is 6.09 Å². The molecule has 1 aliphatic carbocycles. The van der Waals surface area contributed by atoms with Crippen molar-refractivity contribution in [3.05, 3.63) is 0 Å². The zero-order valence-corrected chi connectivity index (χ0v) is 18.1. The van der Waals surface area contributed by atoms with E-state index in [0.717, 1.165) is 0 Å². The van der Waals surface area contributed by atoms with Crippen molar-refractivity contribution in [2.75, 3.05) is 13.2 Å². The number of hydrogen-bond acceptors (Lipinski definition) is 5. The Morgan fingerprint density at radius 2 is 1.94 bits per heavy atom. The SMILES string of the molecule is CC(C)C[C@H](NC(=O)OCC1CCC(F)(F)CC1)C(=O)N[C@H](C#N)C[C@@H]1CCNC1=O. The van der Waals surface area contributed by atoms with Crippen molar-refractivity contribution in [2.45, 2.75) is 76.8 Å². The number of carbonyl (C=O) groups is 3. The fraction of sp³-hybridized carbons (Fsp3) is 0.810. The van der Waals surface area contributed by atoms with Gasteiger partial charge in [-0.1, -0.05) is 13.8 Å². The molecule has 1 aliphatic heterocycles. The molecule has 2 rings (SSSR count). The quantitative estimate of drug-likeness (QED) is 0.507. The highest BCUT2D eigenvalue weighted by Crippen LogP contribution is 2.36. The first-order valence-corrected chi connectivity index (χ1v) is 10.9. The van der Waals surface area contributed by atoms with Crippen molar-refractivity contribution in [2.24, 2.45) is 17.8 Å². The fourth-order valence-corrected chi connectivity index (χ4v) is 3.92. The minimum atomic E-state index is -2.64. The maximum absolute atomic E-state index is 13.2. The Labute approximate surface area is 181 Å². The summed E-state index contributed by atoms with van der Waals surface area (Å²) >= 11 is 0. The summed E-state index contributed by atoms with van der Waals surface area (Å²) in [4.78, 5) is 36.6. The number of carbonyl (C=O) groups excluding carboxylic acids is 3. The van der Waals surface area contributed by atoms with Gasteiger partial charge in [-0.15, -0.1) is 0 Å². The minimum Gasteiger partial charge on any atom is -0.449 e. The highest BCUT2D eigenvalue weighted by molar-refractivity contribution is 5.86. The predicted octanol–water partition coefficient (Wildman–Crippen LogP) is 2.49. The summed E-state index contributed by atoms with van der Waals surface area (Å²) in [5.41, 5.74) is 0. The normalized spacial score (nSPS) is 22.8. The molecule has 1 saturated carbocycles. The van der Waals surface area contributed by atoms with Crippen molar-refractivity contribution < 1.29 is 27.9 Å². The number of hydrogen-bond donors (Lipinski definition) is 3. The maximum atomic E-state index is 13.2. The monoisotopic (exact) mass is 442 g/mol. The summed E-state index contributed by atoms with van der Waals surface area (Å²) in [6, 6.07) is 0.244. The van der Waals surface area contributed by atoms with Crippen molar-refractivity contribution in [1.29, 1.82) is 5.26 Å². The van der Waals surface area contributed by atoms with E-state index in [1.165, 1.54) is 0 Å². The molecule has 0 bridgehead atoms. The van der Waals surface area contributed by atoms with Crippen LogP contribution in [0.5, 0.6) is 0 Å². The van der Waals surface area contributed by atoms with Gasteiger partial charge in [0.1, 0.15) is 12.1 Å².